The minimum atomic E-state index is -2.72. The lowest BCUT2D eigenvalue weighted by Gasteiger charge is -2.01. The first-order valence-electron chi connectivity index (χ1n) is 8.51. The fraction of sp³-hybridized carbons (Fsp3) is 0.438. The Morgan fingerprint density at radius 1 is 1.46 bits per heavy atom. The van der Waals surface area contributed by atoms with Gasteiger partial charge in [-0.05, 0) is 13.0 Å². The van der Waals surface area contributed by atoms with Crippen LogP contribution in [0.3, 0.4) is 0 Å². The van der Waals surface area contributed by atoms with Crippen LogP contribution < -0.4 is 11.0 Å². The van der Waals surface area contributed by atoms with Gasteiger partial charge < -0.3 is 5.32 Å². The lowest BCUT2D eigenvalue weighted by atomic mass is 10.3. The molecule has 1 atom stereocenters. The number of halogens is 2. The lowest BCUT2D eigenvalue weighted by molar-refractivity contribution is 0.0936. The molecule has 0 aromatic carbocycles. The number of carbonyl (C=O) groups is 1. The molecule has 9 nitrogen and oxygen atoms in total. The van der Waals surface area contributed by atoms with Crippen LogP contribution in [0.4, 0.5) is 8.78 Å². The monoisotopic (exact) mass is 409 g/mol. The topological polar surface area (TPSA) is 99.6 Å². The predicted octanol–water partition coefficient (Wildman–Crippen LogP) is 1.12. The van der Waals surface area contributed by atoms with Crippen LogP contribution >= 0.6 is 11.3 Å². The number of aryl methyl sites for hydroxylation is 2. The summed E-state index contributed by atoms with van der Waals surface area (Å²) in [5.41, 5.74) is 0.622. The maximum absolute atomic E-state index is 13.1. The van der Waals surface area contributed by atoms with Crippen molar-refractivity contribution >= 4 is 17.2 Å². The molecule has 0 aliphatic heterocycles. The van der Waals surface area contributed by atoms with Crippen LogP contribution in [0.25, 0.3) is 5.13 Å². The molecule has 148 valence electrons. The first-order chi connectivity index (χ1) is 13.2. The van der Waals surface area contributed by atoms with E-state index in [4.69, 9.17) is 0 Å². The van der Waals surface area contributed by atoms with E-state index in [1.807, 2.05) is 0 Å². The quantitative estimate of drug-likeness (QED) is 0.658. The third kappa shape index (κ3) is 3.46. The maximum Gasteiger partial charge on any atom is 0.352 e. The molecule has 1 saturated carbocycles. The highest BCUT2D eigenvalue weighted by Gasteiger charge is 2.57. The molecule has 1 N–H and O–H groups in total. The van der Waals surface area contributed by atoms with Gasteiger partial charge in [0.2, 0.25) is 0 Å². The van der Waals surface area contributed by atoms with Crippen molar-refractivity contribution in [3.05, 3.63) is 45.3 Å². The molecule has 1 aliphatic rings. The number of thiazole rings is 1. The van der Waals surface area contributed by atoms with Crippen molar-refractivity contribution in [2.45, 2.75) is 32.4 Å². The van der Waals surface area contributed by atoms with Gasteiger partial charge in [0, 0.05) is 25.6 Å². The number of rotatable bonds is 6. The summed E-state index contributed by atoms with van der Waals surface area (Å²) in [4.78, 5) is 29.5. The number of aromatic nitrogens is 6. The van der Waals surface area contributed by atoms with Crippen LogP contribution in [-0.4, -0.2) is 40.9 Å². The highest BCUT2D eigenvalue weighted by atomic mass is 32.1. The Morgan fingerprint density at radius 2 is 2.21 bits per heavy atom. The molecule has 4 rings (SSSR count). The Hall–Kier alpha value is -2.89. The van der Waals surface area contributed by atoms with Gasteiger partial charge in [-0.1, -0.05) is 11.3 Å². The summed E-state index contributed by atoms with van der Waals surface area (Å²) in [5.74, 6) is -3.91. The highest BCUT2D eigenvalue weighted by molar-refractivity contribution is 7.16. The number of hydrogen-bond acceptors (Lipinski definition) is 6. The van der Waals surface area contributed by atoms with Crippen molar-refractivity contribution < 1.29 is 13.6 Å². The average Bonchev–Trinajstić information content (AvgIpc) is 3.04. The second-order valence-corrected chi connectivity index (χ2v) is 7.68. The Bertz CT molecular complexity index is 1100. The summed E-state index contributed by atoms with van der Waals surface area (Å²) in [6.07, 6.45) is 2.78. The van der Waals surface area contributed by atoms with E-state index in [-0.39, 0.29) is 30.5 Å². The van der Waals surface area contributed by atoms with Crippen LogP contribution in [0.15, 0.2) is 23.4 Å². The largest absolute Gasteiger partial charge is 0.352 e. The van der Waals surface area contributed by atoms with Crippen LogP contribution in [0.5, 0.6) is 0 Å². The second-order valence-electron chi connectivity index (χ2n) is 6.70. The number of nitrogens with one attached hydrogen (secondary N) is 1. The van der Waals surface area contributed by atoms with Gasteiger partial charge in [0.05, 0.1) is 24.5 Å². The molecule has 0 saturated heterocycles. The number of carbonyl (C=O) groups excluding carboxylic acids is 1. The highest BCUT2D eigenvalue weighted by Crippen LogP contribution is 2.49. The zero-order valence-electron chi connectivity index (χ0n) is 15.1. The summed E-state index contributed by atoms with van der Waals surface area (Å²) < 4.78 is 30.0. The minimum Gasteiger partial charge on any atom is -0.346 e. The molecule has 0 spiro atoms. The van der Waals surface area contributed by atoms with E-state index in [1.54, 1.807) is 30.9 Å². The van der Waals surface area contributed by atoms with Gasteiger partial charge >= 0.3 is 5.69 Å². The third-order valence-electron chi connectivity index (χ3n) is 4.48. The van der Waals surface area contributed by atoms with Crippen LogP contribution in [0.2, 0.25) is 0 Å². The van der Waals surface area contributed by atoms with Crippen LogP contribution in [0.1, 0.15) is 27.5 Å². The van der Waals surface area contributed by atoms with Crippen molar-refractivity contribution in [2.24, 2.45) is 13.0 Å². The van der Waals surface area contributed by atoms with E-state index in [1.165, 1.54) is 6.33 Å². The number of amides is 1. The Balaban J connectivity index is 1.49. The zero-order chi connectivity index (χ0) is 20.1. The third-order valence-corrected chi connectivity index (χ3v) is 5.63. The fourth-order valence-corrected chi connectivity index (χ4v) is 3.72. The number of nitrogens with zero attached hydrogens (tertiary/aromatic N) is 6. The van der Waals surface area contributed by atoms with Gasteiger partial charge in [-0.2, -0.15) is 10.2 Å². The molecular formula is C16H17F2N7O2S. The molecule has 3 aromatic rings. The Morgan fingerprint density at radius 3 is 2.86 bits per heavy atom. The molecule has 1 aliphatic carbocycles. The summed E-state index contributed by atoms with van der Waals surface area (Å²) in [6.45, 7) is 1.79. The van der Waals surface area contributed by atoms with E-state index in [0.717, 1.165) is 20.6 Å². The number of alkyl halides is 2. The van der Waals surface area contributed by atoms with Gasteiger partial charge in [-0.15, -0.1) is 0 Å². The van der Waals surface area contributed by atoms with Crippen LogP contribution in [0, 0.1) is 12.8 Å². The van der Waals surface area contributed by atoms with E-state index in [0.29, 0.717) is 16.3 Å². The number of hydrogen-bond donors (Lipinski definition) is 1. The van der Waals surface area contributed by atoms with Gasteiger partial charge in [-0.25, -0.2) is 27.8 Å². The summed E-state index contributed by atoms with van der Waals surface area (Å²) in [6, 6.07) is 1.79. The molecule has 12 heteroatoms. The standard InChI is InChI=1S/C16H17F2N7O2S/c1-9-12(13(26)19-6-11-3-4-23(2)22-11)28-14(21-9)24-8-20-25(15(24)27)7-10-5-16(10,17)18/h3-4,8,10H,5-7H2,1-2H3,(H,19,26). The van der Waals surface area contributed by atoms with Gasteiger partial charge in [0.1, 0.15) is 11.2 Å². The molecule has 0 bridgehead atoms. The molecule has 1 fully saturated rings. The van der Waals surface area contributed by atoms with Crippen molar-refractivity contribution in [2.75, 3.05) is 0 Å². The molecule has 1 amide bonds. The SMILES string of the molecule is Cc1nc(-n2cnn(CC3CC3(F)F)c2=O)sc1C(=O)NCc1ccn(C)n1. The van der Waals surface area contributed by atoms with Gasteiger partial charge in [-0.3, -0.25) is 9.48 Å². The average molecular weight is 409 g/mol. The van der Waals surface area contributed by atoms with Crippen molar-refractivity contribution in [3.63, 3.8) is 0 Å². The van der Waals surface area contributed by atoms with Crippen molar-refractivity contribution in [1.82, 2.24) is 34.4 Å². The molecule has 0 radical (unpaired) electrons. The van der Waals surface area contributed by atoms with E-state index in [2.05, 4.69) is 20.5 Å². The van der Waals surface area contributed by atoms with E-state index < -0.39 is 17.5 Å². The normalized spacial score (nSPS) is 17.6. The second kappa shape index (κ2) is 6.62. The molecule has 3 heterocycles. The van der Waals surface area contributed by atoms with Crippen molar-refractivity contribution in [1.29, 1.82) is 0 Å². The summed E-state index contributed by atoms with van der Waals surface area (Å²) >= 11 is 1.04. The van der Waals surface area contributed by atoms with Gasteiger partial charge in [0.15, 0.2) is 5.13 Å². The smallest absolute Gasteiger partial charge is 0.346 e. The first-order valence-corrected chi connectivity index (χ1v) is 9.33. The molecule has 1 unspecified atom stereocenters. The fourth-order valence-electron chi connectivity index (χ4n) is 2.77. The maximum atomic E-state index is 13.1. The zero-order valence-corrected chi connectivity index (χ0v) is 15.9. The van der Waals surface area contributed by atoms with E-state index >= 15 is 0 Å². The lowest BCUT2D eigenvalue weighted by Crippen LogP contribution is -2.25. The van der Waals surface area contributed by atoms with Crippen molar-refractivity contribution in [3.8, 4) is 5.13 Å². The van der Waals surface area contributed by atoms with E-state index in [9.17, 15) is 18.4 Å². The van der Waals surface area contributed by atoms with Crippen LogP contribution in [-0.2, 0) is 20.1 Å². The Labute approximate surface area is 161 Å². The first kappa shape index (κ1) is 18.5. The Kier molecular flexibility index (Phi) is 4.37. The molecular weight excluding hydrogens is 392 g/mol. The minimum absolute atomic E-state index is 0.138. The predicted molar refractivity (Wildman–Crippen MR) is 95.7 cm³/mol. The molecule has 3 aromatic heterocycles. The summed E-state index contributed by atoms with van der Waals surface area (Å²) in [5, 5.41) is 11.1. The van der Waals surface area contributed by atoms with Gasteiger partial charge in [0.25, 0.3) is 11.8 Å². The summed E-state index contributed by atoms with van der Waals surface area (Å²) in [7, 11) is 1.78. The molecule has 28 heavy (non-hydrogen) atoms.